The minimum atomic E-state index is -0.146. The number of rotatable bonds is 10. The Labute approximate surface area is 127 Å². The lowest BCUT2D eigenvalue weighted by Crippen LogP contribution is -2.19. The van der Waals surface area contributed by atoms with Crippen molar-refractivity contribution in [2.45, 2.75) is 106 Å². The van der Waals surface area contributed by atoms with Gasteiger partial charge >= 0.3 is 0 Å². The number of ketones is 1. The maximum atomic E-state index is 11.8. The summed E-state index contributed by atoms with van der Waals surface area (Å²) in [6.45, 7) is 13.0. The van der Waals surface area contributed by atoms with Crippen LogP contribution in [0.2, 0.25) is 0 Å². The first-order valence-corrected chi connectivity index (χ1v) is 8.66. The van der Waals surface area contributed by atoms with Gasteiger partial charge in [-0.15, -0.1) is 0 Å². The molecule has 0 bridgehead atoms. The quantitative estimate of drug-likeness (QED) is 0.415. The summed E-state index contributed by atoms with van der Waals surface area (Å²) in [5.41, 5.74) is 0.354. The van der Waals surface area contributed by atoms with Gasteiger partial charge in [-0.05, 0) is 18.3 Å². The second-order valence-corrected chi connectivity index (χ2v) is 8.56. The molecule has 0 aromatic carbocycles. The first-order valence-electron chi connectivity index (χ1n) is 8.66. The highest BCUT2D eigenvalue weighted by Gasteiger charge is 2.19. The third-order valence-electron chi connectivity index (χ3n) is 3.92. The van der Waals surface area contributed by atoms with E-state index in [9.17, 15) is 4.79 Å². The van der Waals surface area contributed by atoms with E-state index in [-0.39, 0.29) is 5.41 Å². The van der Waals surface area contributed by atoms with Crippen LogP contribution in [-0.2, 0) is 4.79 Å². The second-order valence-electron chi connectivity index (χ2n) is 8.56. The smallest absolute Gasteiger partial charge is 0.138 e. The molecule has 0 aromatic heterocycles. The SMILES string of the molecule is CC(C)(C)CCCCCCCCCCC(=O)C(C)(C)C. The van der Waals surface area contributed by atoms with Crippen LogP contribution in [0.3, 0.4) is 0 Å². The molecule has 20 heavy (non-hydrogen) atoms. The van der Waals surface area contributed by atoms with Crippen molar-refractivity contribution in [3.63, 3.8) is 0 Å². The predicted molar refractivity (Wildman–Crippen MR) is 90.1 cm³/mol. The highest BCUT2D eigenvalue weighted by atomic mass is 16.1. The fourth-order valence-electron chi connectivity index (χ4n) is 2.38. The van der Waals surface area contributed by atoms with Crippen LogP contribution in [0.5, 0.6) is 0 Å². The van der Waals surface area contributed by atoms with Crippen LogP contribution in [0, 0.1) is 10.8 Å². The average Bonchev–Trinajstić information content (AvgIpc) is 2.28. The third kappa shape index (κ3) is 12.7. The van der Waals surface area contributed by atoms with E-state index in [0.29, 0.717) is 11.2 Å². The van der Waals surface area contributed by atoms with Gasteiger partial charge in [0.25, 0.3) is 0 Å². The van der Waals surface area contributed by atoms with Crippen molar-refractivity contribution >= 4 is 5.78 Å². The molecule has 0 rings (SSSR count). The summed E-state index contributed by atoms with van der Waals surface area (Å²) < 4.78 is 0. The van der Waals surface area contributed by atoms with Gasteiger partial charge in [0.2, 0.25) is 0 Å². The molecular weight excluding hydrogens is 244 g/mol. The summed E-state index contributed by atoms with van der Waals surface area (Å²) >= 11 is 0. The lowest BCUT2D eigenvalue weighted by Gasteiger charge is -2.17. The summed E-state index contributed by atoms with van der Waals surface area (Å²) in [4.78, 5) is 11.8. The van der Waals surface area contributed by atoms with Crippen molar-refractivity contribution in [1.29, 1.82) is 0 Å². The Morgan fingerprint density at radius 1 is 0.650 bits per heavy atom. The van der Waals surface area contributed by atoms with Gasteiger partial charge in [-0.25, -0.2) is 0 Å². The van der Waals surface area contributed by atoms with Crippen molar-refractivity contribution in [3.05, 3.63) is 0 Å². The van der Waals surface area contributed by atoms with Crippen molar-refractivity contribution in [2.24, 2.45) is 10.8 Å². The van der Waals surface area contributed by atoms with Gasteiger partial charge in [0.05, 0.1) is 0 Å². The highest BCUT2D eigenvalue weighted by molar-refractivity contribution is 5.83. The van der Waals surface area contributed by atoms with Crippen LogP contribution in [-0.4, -0.2) is 5.78 Å². The van der Waals surface area contributed by atoms with Gasteiger partial charge in [0.1, 0.15) is 5.78 Å². The van der Waals surface area contributed by atoms with Gasteiger partial charge in [-0.2, -0.15) is 0 Å². The molecule has 0 unspecified atom stereocenters. The van der Waals surface area contributed by atoms with Crippen LogP contribution in [0.4, 0.5) is 0 Å². The van der Waals surface area contributed by atoms with Crippen molar-refractivity contribution in [2.75, 3.05) is 0 Å². The van der Waals surface area contributed by atoms with Crippen LogP contribution < -0.4 is 0 Å². The second kappa shape index (κ2) is 9.58. The Bertz CT molecular complexity index is 252. The molecule has 1 heteroatoms. The van der Waals surface area contributed by atoms with Gasteiger partial charge in [0, 0.05) is 11.8 Å². The van der Waals surface area contributed by atoms with E-state index in [1.807, 2.05) is 20.8 Å². The molecule has 0 atom stereocenters. The number of carbonyl (C=O) groups is 1. The lowest BCUT2D eigenvalue weighted by atomic mass is 9.87. The molecule has 0 heterocycles. The number of Topliss-reactive ketones (excluding diaryl/α,β-unsaturated/α-hetero) is 1. The van der Waals surface area contributed by atoms with E-state index in [2.05, 4.69) is 20.8 Å². The molecule has 0 saturated carbocycles. The van der Waals surface area contributed by atoms with Crippen LogP contribution in [0.1, 0.15) is 106 Å². The van der Waals surface area contributed by atoms with E-state index in [0.717, 1.165) is 12.8 Å². The fourth-order valence-corrected chi connectivity index (χ4v) is 2.38. The number of carbonyl (C=O) groups excluding carboxylic acids is 1. The Balaban J connectivity index is 3.28. The summed E-state index contributed by atoms with van der Waals surface area (Å²) in [7, 11) is 0. The van der Waals surface area contributed by atoms with Gasteiger partial charge in [-0.3, -0.25) is 4.79 Å². The summed E-state index contributed by atoms with van der Waals surface area (Å²) in [5.74, 6) is 0.416. The van der Waals surface area contributed by atoms with Crippen LogP contribution >= 0.6 is 0 Å². The average molecular weight is 283 g/mol. The molecule has 0 spiro atoms. The fraction of sp³-hybridized carbons (Fsp3) is 0.947. The molecule has 0 aliphatic carbocycles. The van der Waals surface area contributed by atoms with E-state index < -0.39 is 0 Å². The molecule has 0 N–H and O–H groups in total. The van der Waals surface area contributed by atoms with Crippen LogP contribution in [0.25, 0.3) is 0 Å². The maximum absolute atomic E-state index is 11.8. The Kier molecular flexibility index (Phi) is 9.42. The predicted octanol–water partition coefficient (Wildman–Crippen LogP) is 6.55. The first-order chi connectivity index (χ1) is 9.13. The zero-order valence-electron chi connectivity index (χ0n) is 15.0. The Morgan fingerprint density at radius 3 is 1.45 bits per heavy atom. The van der Waals surface area contributed by atoms with E-state index in [1.54, 1.807) is 0 Å². The van der Waals surface area contributed by atoms with Gasteiger partial charge in [-0.1, -0.05) is 86.5 Å². The van der Waals surface area contributed by atoms with E-state index in [4.69, 9.17) is 0 Å². The normalized spacial score (nSPS) is 12.7. The van der Waals surface area contributed by atoms with Crippen molar-refractivity contribution in [1.82, 2.24) is 0 Å². The molecule has 0 radical (unpaired) electrons. The van der Waals surface area contributed by atoms with Crippen molar-refractivity contribution < 1.29 is 4.79 Å². The zero-order valence-corrected chi connectivity index (χ0v) is 15.0. The topological polar surface area (TPSA) is 17.1 Å². The molecule has 120 valence electrons. The minimum Gasteiger partial charge on any atom is -0.299 e. The van der Waals surface area contributed by atoms with E-state index >= 15 is 0 Å². The lowest BCUT2D eigenvalue weighted by molar-refractivity contribution is -0.126. The summed E-state index contributed by atoms with van der Waals surface area (Å²) in [6.07, 6.45) is 12.6. The first kappa shape index (κ1) is 19.7. The molecular formula is C19H38O. The zero-order chi connectivity index (χ0) is 15.6. The highest BCUT2D eigenvalue weighted by Crippen LogP contribution is 2.23. The molecule has 0 aliphatic heterocycles. The largest absolute Gasteiger partial charge is 0.299 e. The minimum absolute atomic E-state index is 0.146. The van der Waals surface area contributed by atoms with Gasteiger partial charge < -0.3 is 0 Å². The number of hydrogen-bond acceptors (Lipinski definition) is 1. The standard InChI is InChI=1S/C19H38O/c1-18(2,3)16-14-12-10-8-7-9-11-13-15-17(20)19(4,5)6/h7-16H2,1-6H3. The number of hydrogen-bond donors (Lipinski definition) is 0. The third-order valence-corrected chi connectivity index (χ3v) is 3.92. The Hall–Kier alpha value is -0.330. The number of unbranched alkanes of at least 4 members (excludes halogenated alkanes) is 7. The Morgan fingerprint density at radius 2 is 1.05 bits per heavy atom. The summed E-state index contributed by atoms with van der Waals surface area (Å²) in [6, 6.07) is 0. The summed E-state index contributed by atoms with van der Waals surface area (Å²) in [5, 5.41) is 0. The molecule has 0 aromatic rings. The molecule has 0 fully saturated rings. The van der Waals surface area contributed by atoms with E-state index in [1.165, 1.54) is 51.4 Å². The molecule has 0 saturated heterocycles. The molecule has 0 amide bonds. The molecule has 1 nitrogen and oxygen atoms in total. The van der Waals surface area contributed by atoms with Crippen molar-refractivity contribution in [3.8, 4) is 0 Å². The molecule has 0 aliphatic rings. The van der Waals surface area contributed by atoms with Crippen LogP contribution in [0.15, 0.2) is 0 Å². The van der Waals surface area contributed by atoms with Gasteiger partial charge in [0.15, 0.2) is 0 Å². The monoisotopic (exact) mass is 282 g/mol. The maximum Gasteiger partial charge on any atom is 0.138 e.